The summed E-state index contributed by atoms with van der Waals surface area (Å²) >= 11 is 3.18. The molecule has 0 saturated carbocycles. The van der Waals surface area contributed by atoms with E-state index in [9.17, 15) is 26.7 Å². The van der Waals surface area contributed by atoms with E-state index >= 15 is 0 Å². The molecule has 148 valence electrons. The number of rotatable bonds is 4. The van der Waals surface area contributed by atoms with Gasteiger partial charge in [0.2, 0.25) is 0 Å². The monoisotopic (exact) mass is 463 g/mol. The maximum Gasteiger partial charge on any atom is 0.435 e. The number of alkyl halides is 5. The molecule has 0 unspecified atom stereocenters. The number of carbonyl (C=O) groups excluding carboxylic acids is 1. The molecule has 0 saturated heterocycles. The number of amides is 1. The number of hydrogen-bond donors (Lipinski definition) is 1. The summed E-state index contributed by atoms with van der Waals surface area (Å²) in [7, 11) is 1.31. The highest BCUT2D eigenvalue weighted by Gasteiger charge is 2.39. The molecule has 1 amide bonds. The number of benzene rings is 1. The van der Waals surface area contributed by atoms with Crippen molar-refractivity contribution in [1.82, 2.24) is 19.6 Å². The molecule has 0 bridgehead atoms. The minimum atomic E-state index is -4.87. The number of nitrogens with one attached hydrogen (secondary N) is 1. The van der Waals surface area contributed by atoms with Crippen LogP contribution in [0.2, 0.25) is 0 Å². The maximum atomic E-state index is 13.6. The van der Waals surface area contributed by atoms with Crippen LogP contribution in [0.3, 0.4) is 0 Å². The number of nitrogens with zero attached hydrogens (tertiary/aromatic N) is 4. The van der Waals surface area contributed by atoms with Crippen molar-refractivity contribution in [2.75, 3.05) is 5.32 Å². The van der Waals surface area contributed by atoms with Crippen LogP contribution < -0.4 is 5.32 Å². The Morgan fingerprint density at radius 3 is 2.43 bits per heavy atom. The highest BCUT2D eigenvalue weighted by atomic mass is 79.9. The third-order valence-electron chi connectivity index (χ3n) is 3.67. The molecule has 0 aliphatic carbocycles. The first-order valence-corrected chi connectivity index (χ1v) is 8.41. The van der Waals surface area contributed by atoms with Crippen LogP contribution in [-0.4, -0.2) is 25.5 Å². The molecule has 1 N–H and O–H groups in total. The second-order valence-electron chi connectivity index (χ2n) is 5.65. The molecule has 0 spiro atoms. The van der Waals surface area contributed by atoms with Gasteiger partial charge in [-0.15, -0.1) is 0 Å². The molecule has 0 atom stereocenters. The molecule has 0 aliphatic heterocycles. The Morgan fingerprint density at radius 1 is 1.21 bits per heavy atom. The van der Waals surface area contributed by atoms with Gasteiger partial charge >= 0.3 is 6.18 Å². The SMILES string of the molecule is Cn1cc(C(=O)Nc2cnn(-c3ccc(Br)cc3)c2C(F)(F)F)c(C(F)F)n1. The maximum absolute atomic E-state index is 13.6. The molecular formula is C16H11BrF5N5O. The Kier molecular flexibility index (Phi) is 5.24. The lowest BCUT2D eigenvalue weighted by Gasteiger charge is -2.13. The van der Waals surface area contributed by atoms with Crippen molar-refractivity contribution in [2.24, 2.45) is 7.05 Å². The highest BCUT2D eigenvalue weighted by molar-refractivity contribution is 9.10. The fourth-order valence-corrected chi connectivity index (χ4v) is 2.79. The van der Waals surface area contributed by atoms with E-state index < -0.39 is 41.1 Å². The van der Waals surface area contributed by atoms with Gasteiger partial charge in [-0.1, -0.05) is 15.9 Å². The van der Waals surface area contributed by atoms with E-state index in [1.807, 2.05) is 5.32 Å². The van der Waals surface area contributed by atoms with Gasteiger partial charge < -0.3 is 5.32 Å². The normalized spacial score (nSPS) is 11.9. The second kappa shape index (κ2) is 7.34. The van der Waals surface area contributed by atoms with Crippen LogP contribution in [0.5, 0.6) is 0 Å². The van der Waals surface area contributed by atoms with Crippen molar-refractivity contribution in [3.63, 3.8) is 0 Å². The topological polar surface area (TPSA) is 64.7 Å². The number of anilines is 1. The molecule has 0 aliphatic rings. The Morgan fingerprint density at radius 2 is 1.86 bits per heavy atom. The Labute approximate surface area is 163 Å². The summed E-state index contributed by atoms with van der Waals surface area (Å²) in [5, 5.41) is 9.16. The summed E-state index contributed by atoms with van der Waals surface area (Å²) in [6.07, 6.45) is -6.12. The molecular weight excluding hydrogens is 453 g/mol. The predicted octanol–water partition coefficient (Wildman–Crippen LogP) is 4.58. The Bertz CT molecular complexity index is 1010. The van der Waals surface area contributed by atoms with E-state index in [1.165, 1.54) is 31.3 Å². The zero-order valence-electron chi connectivity index (χ0n) is 14.0. The van der Waals surface area contributed by atoms with Crippen molar-refractivity contribution in [1.29, 1.82) is 0 Å². The average Bonchev–Trinajstić information content (AvgIpc) is 3.19. The molecule has 0 fully saturated rings. The molecule has 3 rings (SSSR count). The van der Waals surface area contributed by atoms with Crippen molar-refractivity contribution in [3.8, 4) is 5.69 Å². The van der Waals surface area contributed by atoms with Crippen LogP contribution in [0, 0.1) is 0 Å². The van der Waals surface area contributed by atoms with Gasteiger partial charge in [-0.2, -0.15) is 23.4 Å². The van der Waals surface area contributed by atoms with Crippen LogP contribution in [-0.2, 0) is 13.2 Å². The van der Waals surface area contributed by atoms with Crippen molar-refractivity contribution in [3.05, 3.63) is 58.1 Å². The van der Waals surface area contributed by atoms with Gasteiger partial charge in [-0.3, -0.25) is 9.48 Å². The van der Waals surface area contributed by atoms with Gasteiger partial charge in [0.05, 0.1) is 23.1 Å². The third kappa shape index (κ3) is 3.91. The van der Waals surface area contributed by atoms with Crippen LogP contribution in [0.4, 0.5) is 27.6 Å². The summed E-state index contributed by atoms with van der Waals surface area (Å²) in [5.41, 5.74) is -3.16. The Balaban J connectivity index is 2.01. The number of aryl methyl sites for hydroxylation is 1. The molecule has 6 nitrogen and oxygen atoms in total. The van der Waals surface area contributed by atoms with E-state index in [1.54, 1.807) is 0 Å². The predicted molar refractivity (Wildman–Crippen MR) is 92.4 cm³/mol. The molecule has 3 aromatic rings. The van der Waals surface area contributed by atoms with E-state index in [-0.39, 0.29) is 5.69 Å². The number of hydrogen-bond acceptors (Lipinski definition) is 3. The first kappa shape index (κ1) is 20.0. The highest BCUT2D eigenvalue weighted by Crippen LogP contribution is 2.37. The van der Waals surface area contributed by atoms with Crippen molar-refractivity contribution in [2.45, 2.75) is 12.6 Å². The first-order valence-electron chi connectivity index (χ1n) is 7.62. The average molecular weight is 464 g/mol. The standard InChI is InChI=1S/C16H11BrF5N5O/c1-26-7-10(12(25-26)14(18)19)15(28)24-11-6-23-27(13(11)16(20,21)22)9-4-2-8(17)3-5-9/h2-7,14H,1H3,(H,24,28). The fraction of sp³-hybridized carbons (Fsp3) is 0.188. The molecule has 2 heterocycles. The van der Waals surface area contributed by atoms with Gasteiger partial charge in [0, 0.05) is 17.7 Å². The lowest BCUT2D eigenvalue weighted by atomic mass is 10.2. The van der Waals surface area contributed by atoms with Gasteiger partial charge in [0.25, 0.3) is 12.3 Å². The largest absolute Gasteiger partial charge is 0.435 e. The minimum Gasteiger partial charge on any atom is -0.319 e. The molecule has 0 radical (unpaired) electrons. The molecule has 1 aromatic carbocycles. The summed E-state index contributed by atoms with van der Waals surface area (Å²) < 4.78 is 69.1. The fourth-order valence-electron chi connectivity index (χ4n) is 2.52. The second-order valence-corrected chi connectivity index (χ2v) is 6.57. The van der Waals surface area contributed by atoms with Gasteiger partial charge in [-0.05, 0) is 24.3 Å². The molecule has 2 aromatic heterocycles. The quantitative estimate of drug-likeness (QED) is 0.576. The van der Waals surface area contributed by atoms with Gasteiger partial charge in [0.15, 0.2) is 5.69 Å². The summed E-state index contributed by atoms with van der Waals surface area (Å²) in [6.45, 7) is 0. The third-order valence-corrected chi connectivity index (χ3v) is 4.19. The van der Waals surface area contributed by atoms with Gasteiger partial charge in [-0.25, -0.2) is 13.5 Å². The van der Waals surface area contributed by atoms with E-state index in [0.717, 1.165) is 17.1 Å². The van der Waals surface area contributed by atoms with E-state index in [4.69, 9.17) is 0 Å². The van der Waals surface area contributed by atoms with Crippen molar-refractivity contribution >= 4 is 27.5 Å². The van der Waals surface area contributed by atoms with E-state index in [2.05, 4.69) is 26.1 Å². The molecule has 28 heavy (non-hydrogen) atoms. The summed E-state index contributed by atoms with van der Waals surface area (Å²) in [5.74, 6) is -1.15. The van der Waals surface area contributed by atoms with E-state index in [0.29, 0.717) is 9.15 Å². The number of carbonyl (C=O) groups is 1. The lowest BCUT2D eigenvalue weighted by Crippen LogP contribution is -2.19. The lowest BCUT2D eigenvalue weighted by molar-refractivity contribution is -0.142. The zero-order valence-corrected chi connectivity index (χ0v) is 15.6. The first-order chi connectivity index (χ1) is 13.1. The number of halogens is 6. The van der Waals surface area contributed by atoms with Crippen LogP contribution in [0.25, 0.3) is 5.69 Å². The zero-order chi connectivity index (χ0) is 20.6. The number of aromatic nitrogens is 4. The van der Waals surface area contributed by atoms with Crippen LogP contribution in [0.1, 0.15) is 28.2 Å². The summed E-state index contributed by atoms with van der Waals surface area (Å²) in [6, 6.07) is 5.85. The smallest absolute Gasteiger partial charge is 0.319 e. The molecule has 12 heteroatoms. The van der Waals surface area contributed by atoms with Crippen LogP contribution >= 0.6 is 15.9 Å². The van der Waals surface area contributed by atoms with Crippen LogP contribution in [0.15, 0.2) is 41.1 Å². The summed E-state index contributed by atoms with van der Waals surface area (Å²) in [4.78, 5) is 12.3. The van der Waals surface area contributed by atoms with Gasteiger partial charge in [0.1, 0.15) is 5.69 Å². The minimum absolute atomic E-state index is 0.102. The van der Waals surface area contributed by atoms with Crippen molar-refractivity contribution < 1.29 is 26.7 Å². The Hall–Kier alpha value is -2.76.